The van der Waals surface area contributed by atoms with E-state index in [1.165, 1.54) is 12.1 Å². The highest BCUT2D eigenvalue weighted by molar-refractivity contribution is 7.17. The molecule has 0 aliphatic carbocycles. The van der Waals surface area contributed by atoms with Crippen molar-refractivity contribution in [1.29, 1.82) is 0 Å². The molecular weight excluding hydrogens is 430 g/mol. The van der Waals surface area contributed by atoms with Gasteiger partial charge in [0.1, 0.15) is 11.6 Å². The van der Waals surface area contributed by atoms with Crippen LogP contribution in [0.3, 0.4) is 0 Å². The zero-order chi connectivity index (χ0) is 22.1. The van der Waals surface area contributed by atoms with Crippen LogP contribution >= 0.6 is 11.3 Å². The average molecular weight is 449 g/mol. The summed E-state index contributed by atoms with van der Waals surface area (Å²) < 4.78 is 1.73. The fourth-order valence-corrected chi connectivity index (χ4v) is 4.47. The van der Waals surface area contributed by atoms with Gasteiger partial charge >= 0.3 is 5.00 Å². The highest BCUT2D eigenvalue weighted by Gasteiger charge is 2.23. The van der Waals surface area contributed by atoms with Crippen molar-refractivity contribution in [3.63, 3.8) is 0 Å². The van der Waals surface area contributed by atoms with E-state index in [1.807, 2.05) is 30.3 Å². The number of rotatable bonds is 5. The molecule has 1 amide bonds. The number of nitrogens with zero attached hydrogens (tertiary/aromatic N) is 5. The Morgan fingerprint density at radius 1 is 1.16 bits per heavy atom. The SMILES string of the molecule is O=C(Nc1nc(C2CCNCC2)nc2c1cnn2-c1ccccc1)c1ccc([N+](=O)[O-])s1. The molecule has 0 radical (unpaired) electrons. The summed E-state index contributed by atoms with van der Waals surface area (Å²) >= 11 is 0.824. The standard InChI is InChI=1S/C21H19N7O3S/c29-21(16-6-7-17(32-16)28(30)31)26-19-15-12-23-27(14-4-2-1-3-5-14)20(15)25-18(24-19)13-8-10-22-11-9-13/h1-7,12-13,22H,8-11H2,(H,24,25,26,29). The first-order valence-corrected chi connectivity index (χ1v) is 11.0. The molecule has 1 fully saturated rings. The highest BCUT2D eigenvalue weighted by Crippen LogP contribution is 2.30. The molecule has 0 saturated carbocycles. The monoisotopic (exact) mass is 449 g/mol. The molecule has 0 unspecified atom stereocenters. The number of fused-ring (bicyclic) bond motifs is 1. The van der Waals surface area contributed by atoms with Crippen LogP contribution in [-0.4, -0.2) is 43.7 Å². The van der Waals surface area contributed by atoms with Gasteiger partial charge in [-0.25, -0.2) is 14.6 Å². The van der Waals surface area contributed by atoms with Crippen LogP contribution in [0.5, 0.6) is 0 Å². The van der Waals surface area contributed by atoms with Crippen molar-refractivity contribution in [2.45, 2.75) is 18.8 Å². The first-order valence-electron chi connectivity index (χ1n) is 10.2. The number of para-hydroxylation sites is 1. The van der Waals surface area contributed by atoms with Gasteiger partial charge in [0.2, 0.25) is 0 Å². The number of carbonyl (C=O) groups is 1. The summed E-state index contributed by atoms with van der Waals surface area (Å²) in [6.45, 7) is 1.76. The van der Waals surface area contributed by atoms with Crippen LogP contribution in [0, 0.1) is 10.1 Å². The second-order valence-corrected chi connectivity index (χ2v) is 8.50. The molecule has 32 heavy (non-hydrogen) atoms. The molecule has 4 heterocycles. The van der Waals surface area contributed by atoms with Gasteiger partial charge in [-0.2, -0.15) is 5.10 Å². The average Bonchev–Trinajstić information content (AvgIpc) is 3.48. The minimum Gasteiger partial charge on any atom is -0.317 e. The Labute approximate surface area is 186 Å². The lowest BCUT2D eigenvalue weighted by molar-refractivity contribution is -0.380. The van der Waals surface area contributed by atoms with E-state index in [-0.39, 0.29) is 15.8 Å². The van der Waals surface area contributed by atoms with Gasteiger partial charge in [0.15, 0.2) is 5.65 Å². The number of nitro groups is 1. The predicted molar refractivity (Wildman–Crippen MR) is 120 cm³/mol. The summed E-state index contributed by atoms with van der Waals surface area (Å²) in [6.07, 6.45) is 3.42. The van der Waals surface area contributed by atoms with Gasteiger partial charge in [0.25, 0.3) is 5.91 Å². The lowest BCUT2D eigenvalue weighted by Crippen LogP contribution is -2.27. The summed E-state index contributed by atoms with van der Waals surface area (Å²) in [6, 6.07) is 12.4. The van der Waals surface area contributed by atoms with E-state index in [1.54, 1.807) is 10.9 Å². The summed E-state index contributed by atoms with van der Waals surface area (Å²) in [4.78, 5) is 33.1. The number of amides is 1. The summed E-state index contributed by atoms with van der Waals surface area (Å²) in [7, 11) is 0. The van der Waals surface area contributed by atoms with Crippen LogP contribution in [0.2, 0.25) is 0 Å². The van der Waals surface area contributed by atoms with Crippen molar-refractivity contribution in [2.75, 3.05) is 18.4 Å². The molecule has 2 N–H and O–H groups in total. The van der Waals surface area contributed by atoms with Crippen molar-refractivity contribution in [1.82, 2.24) is 25.1 Å². The smallest absolute Gasteiger partial charge is 0.317 e. The molecule has 162 valence electrons. The van der Waals surface area contributed by atoms with Gasteiger partial charge in [0.05, 0.1) is 27.1 Å². The Morgan fingerprint density at radius 2 is 1.94 bits per heavy atom. The molecule has 1 aliphatic heterocycles. The van der Waals surface area contributed by atoms with Crippen LogP contribution < -0.4 is 10.6 Å². The second kappa shape index (κ2) is 8.44. The van der Waals surface area contributed by atoms with E-state index >= 15 is 0 Å². The van der Waals surface area contributed by atoms with Crippen molar-refractivity contribution in [2.24, 2.45) is 0 Å². The molecule has 10 nitrogen and oxygen atoms in total. The molecule has 0 bridgehead atoms. The van der Waals surface area contributed by atoms with E-state index in [0.29, 0.717) is 22.7 Å². The second-order valence-electron chi connectivity index (χ2n) is 7.43. The number of anilines is 1. The number of hydrogen-bond acceptors (Lipinski definition) is 8. The predicted octanol–water partition coefficient (Wildman–Crippen LogP) is 3.50. The molecule has 0 atom stereocenters. The fraction of sp³-hybridized carbons (Fsp3) is 0.238. The van der Waals surface area contributed by atoms with E-state index in [2.05, 4.69) is 20.7 Å². The number of piperidine rings is 1. The van der Waals surface area contributed by atoms with E-state index in [0.717, 1.165) is 43.0 Å². The first-order chi connectivity index (χ1) is 15.6. The molecular formula is C21H19N7O3S. The normalized spacial score (nSPS) is 14.5. The van der Waals surface area contributed by atoms with Crippen molar-refractivity contribution >= 4 is 39.1 Å². The van der Waals surface area contributed by atoms with Gasteiger partial charge in [-0.15, -0.1) is 0 Å². The first kappa shape index (κ1) is 20.2. The fourth-order valence-electron chi connectivity index (χ4n) is 3.76. The molecule has 1 aliphatic rings. The minimum atomic E-state index is -0.510. The maximum Gasteiger partial charge on any atom is 0.324 e. The number of thiophene rings is 1. The molecule has 1 aromatic carbocycles. The van der Waals surface area contributed by atoms with Crippen molar-refractivity contribution in [3.05, 3.63) is 69.5 Å². The topological polar surface area (TPSA) is 128 Å². The summed E-state index contributed by atoms with van der Waals surface area (Å²) in [5.74, 6) is 0.723. The Balaban J connectivity index is 1.57. The highest BCUT2D eigenvalue weighted by atomic mass is 32.1. The maximum absolute atomic E-state index is 12.8. The quantitative estimate of drug-likeness (QED) is 0.352. The largest absolute Gasteiger partial charge is 0.324 e. The third-order valence-electron chi connectivity index (χ3n) is 5.38. The van der Waals surface area contributed by atoms with Gasteiger partial charge in [0, 0.05) is 12.0 Å². The van der Waals surface area contributed by atoms with E-state index in [4.69, 9.17) is 4.98 Å². The molecule has 0 spiro atoms. The van der Waals surface area contributed by atoms with Crippen LogP contribution in [0.25, 0.3) is 16.7 Å². The molecule has 4 aromatic rings. The molecule has 5 rings (SSSR count). The summed E-state index contributed by atoms with van der Waals surface area (Å²) in [5.41, 5.74) is 1.45. The third kappa shape index (κ3) is 3.83. The van der Waals surface area contributed by atoms with E-state index < -0.39 is 10.8 Å². The molecule has 1 saturated heterocycles. The van der Waals surface area contributed by atoms with Gasteiger partial charge in [-0.3, -0.25) is 14.9 Å². The number of carbonyl (C=O) groups excluding carboxylic acids is 1. The van der Waals surface area contributed by atoms with Crippen LogP contribution in [0.15, 0.2) is 48.7 Å². The van der Waals surface area contributed by atoms with E-state index in [9.17, 15) is 14.9 Å². The van der Waals surface area contributed by atoms with Gasteiger partial charge in [-0.05, 0) is 44.1 Å². The van der Waals surface area contributed by atoms with Crippen molar-refractivity contribution in [3.8, 4) is 5.69 Å². The van der Waals surface area contributed by atoms with Gasteiger partial charge < -0.3 is 10.6 Å². The Hall–Kier alpha value is -3.70. The zero-order valence-electron chi connectivity index (χ0n) is 16.9. The van der Waals surface area contributed by atoms with Crippen LogP contribution in [0.1, 0.15) is 34.3 Å². The lowest BCUT2D eigenvalue weighted by Gasteiger charge is -2.22. The zero-order valence-corrected chi connectivity index (χ0v) is 17.7. The number of benzene rings is 1. The summed E-state index contributed by atoms with van der Waals surface area (Å²) in [5, 5.41) is 22.1. The lowest BCUT2D eigenvalue weighted by atomic mass is 9.97. The van der Waals surface area contributed by atoms with Crippen LogP contribution in [-0.2, 0) is 0 Å². The Bertz CT molecular complexity index is 1300. The van der Waals surface area contributed by atoms with Crippen LogP contribution in [0.4, 0.5) is 10.8 Å². The van der Waals surface area contributed by atoms with Crippen molar-refractivity contribution < 1.29 is 9.72 Å². The Kier molecular flexibility index (Phi) is 5.33. The minimum absolute atomic E-state index is 0.0877. The number of aromatic nitrogens is 4. The maximum atomic E-state index is 12.8. The van der Waals surface area contributed by atoms with Gasteiger partial charge in [-0.1, -0.05) is 29.5 Å². The Morgan fingerprint density at radius 3 is 2.66 bits per heavy atom. The molecule has 11 heteroatoms. The number of hydrogen-bond donors (Lipinski definition) is 2. The molecule has 3 aromatic heterocycles. The number of nitrogens with one attached hydrogen (secondary N) is 2. The third-order valence-corrected chi connectivity index (χ3v) is 6.41.